The fourth-order valence-corrected chi connectivity index (χ4v) is 2.19. The van der Waals surface area contributed by atoms with Crippen molar-refractivity contribution in [3.05, 3.63) is 30.3 Å². The van der Waals surface area contributed by atoms with Crippen molar-refractivity contribution in [2.24, 2.45) is 5.41 Å². The van der Waals surface area contributed by atoms with Crippen molar-refractivity contribution in [2.45, 2.75) is 13.3 Å². The standard InChI is InChI=1S/C14H18N2O3.ClH/c1-14(13(18)19)7-8-16(10-14)12(17)9-15-11-5-3-2-4-6-11;/h2-6,15H,7-10H2,1H3,(H,18,19);1H. The summed E-state index contributed by atoms with van der Waals surface area (Å²) in [6.45, 7) is 2.68. The Bertz CT molecular complexity index is 481. The fourth-order valence-electron chi connectivity index (χ4n) is 2.19. The van der Waals surface area contributed by atoms with Crippen LogP contribution in [-0.2, 0) is 9.59 Å². The van der Waals surface area contributed by atoms with Gasteiger partial charge in [0.1, 0.15) is 0 Å². The molecule has 1 atom stereocenters. The largest absolute Gasteiger partial charge is 0.481 e. The van der Waals surface area contributed by atoms with Crippen molar-refractivity contribution in [3.63, 3.8) is 0 Å². The summed E-state index contributed by atoms with van der Waals surface area (Å²) in [7, 11) is 0. The highest BCUT2D eigenvalue weighted by Crippen LogP contribution is 2.30. The van der Waals surface area contributed by atoms with Crippen LogP contribution in [0.5, 0.6) is 0 Å². The Hall–Kier alpha value is -1.75. The van der Waals surface area contributed by atoms with Gasteiger partial charge in [-0.3, -0.25) is 9.59 Å². The summed E-state index contributed by atoms with van der Waals surface area (Å²) in [5.41, 5.74) is 0.0821. The fraction of sp³-hybridized carbons (Fsp3) is 0.429. The van der Waals surface area contributed by atoms with Crippen LogP contribution < -0.4 is 5.32 Å². The lowest BCUT2D eigenvalue weighted by Gasteiger charge is -2.20. The average molecular weight is 299 g/mol. The maximum absolute atomic E-state index is 12.0. The Balaban J connectivity index is 0.00000200. The molecule has 1 aromatic carbocycles. The molecule has 0 aliphatic carbocycles. The minimum atomic E-state index is -0.834. The number of carboxylic acids is 1. The van der Waals surface area contributed by atoms with Crippen LogP contribution in [0.25, 0.3) is 0 Å². The van der Waals surface area contributed by atoms with Crippen molar-refractivity contribution in [1.82, 2.24) is 4.90 Å². The van der Waals surface area contributed by atoms with Gasteiger partial charge in [-0.25, -0.2) is 0 Å². The van der Waals surface area contributed by atoms with Gasteiger partial charge in [0.25, 0.3) is 0 Å². The maximum Gasteiger partial charge on any atom is 0.311 e. The second kappa shape index (κ2) is 6.61. The van der Waals surface area contributed by atoms with Gasteiger partial charge in [0.2, 0.25) is 5.91 Å². The Labute approximate surface area is 124 Å². The zero-order chi connectivity index (χ0) is 13.9. The molecule has 1 aliphatic rings. The highest BCUT2D eigenvalue weighted by molar-refractivity contribution is 5.85. The Morgan fingerprint density at radius 2 is 2.00 bits per heavy atom. The SMILES string of the molecule is CC1(C(=O)O)CCN(C(=O)CNc2ccccc2)C1.Cl. The smallest absolute Gasteiger partial charge is 0.311 e. The zero-order valence-electron chi connectivity index (χ0n) is 11.3. The van der Waals surface area contributed by atoms with Crippen molar-refractivity contribution in [2.75, 3.05) is 25.0 Å². The van der Waals surface area contributed by atoms with Crippen molar-refractivity contribution in [1.29, 1.82) is 0 Å². The van der Waals surface area contributed by atoms with Gasteiger partial charge in [0.15, 0.2) is 0 Å². The van der Waals surface area contributed by atoms with Gasteiger partial charge < -0.3 is 15.3 Å². The quantitative estimate of drug-likeness (QED) is 0.890. The molecule has 1 fully saturated rings. The number of halogens is 1. The Morgan fingerprint density at radius 3 is 2.55 bits per heavy atom. The number of anilines is 1. The molecular weight excluding hydrogens is 280 g/mol. The molecule has 20 heavy (non-hydrogen) atoms. The molecule has 1 saturated heterocycles. The number of benzene rings is 1. The number of nitrogens with zero attached hydrogens (tertiary/aromatic N) is 1. The van der Waals surface area contributed by atoms with Crippen LogP contribution in [-0.4, -0.2) is 41.5 Å². The molecule has 2 rings (SSSR count). The molecule has 1 amide bonds. The molecule has 6 heteroatoms. The summed E-state index contributed by atoms with van der Waals surface area (Å²) in [4.78, 5) is 24.7. The summed E-state index contributed by atoms with van der Waals surface area (Å²) in [6, 6.07) is 9.47. The summed E-state index contributed by atoms with van der Waals surface area (Å²) in [5.74, 6) is -0.896. The van der Waals surface area contributed by atoms with Crippen LogP contribution in [0, 0.1) is 5.41 Å². The van der Waals surface area contributed by atoms with E-state index in [1.807, 2.05) is 30.3 Å². The highest BCUT2D eigenvalue weighted by atomic mass is 35.5. The molecule has 0 radical (unpaired) electrons. The number of likely N-dealkylation sites (tertiary alicyclic amines) is 1. The number of hydrogen-bond acceptors (Lipinski definition) is 3. The van der Waals surface area contributed by atoms with Gasteiger partial charge in [0.05, 0.1) is 12.0 Å². The maximum atomic E-state index is 12.0. The molecular formula is C14H19ClN2O3. The predicted octanol–water partition coefficient (Wildman–Crippen LogP) is 1.84. The predicted molar refractivity (Wildman–Crippen MR) is 79.1 cm³/mol. The van der Waals surface area contributed by atoms with E-state index in [4.69, 9.17) is 5.11 Å². The molecule has 110 valence electrons. The van der Waals surface area contributed by atoms with E-state index in [1.165, 1.54) is 0 Å². The molecule has 0 saturated carbocycles. The first kappa shape index (κ1) is 16.3. The third-order valence-electron chi connectivity index (χ3n) is 3.56. The molecule has 1 unspecified atom stereocenters. The van der Waals surface area contributed by atoms with E-state index < -0.39 is 11.4 Å². The summed E-state index contributed by atoms with van der Waals surface area (Å²) in [5, 5.41) is 12.2. The molecule has 1 aliphatic heterocycles. The van der Waals surface area contributed by atoms with Gasteiger partial charge in [-0.1, -0.05) is 18.2 Å². The number of hydrogen-bond donors (Lipinski definition) is 2. The number of amides is 1. The monoisotopic (exact) mass is 298 g/mol. The van der Waals surface area contributed by atoms with Gasteiger partial charge in [-0.05, 0) is 25.5 Å². The van der Waals surface area contributed by atoms with Crippen LogP contribution in [0.4, 0.5) is 5.69 Å². The molecule has 2 N–H and O–H groups in total. The normalized spacial score (nSPS) is 21.1. The van der Waals surface area contributed by atoms with E-state index in [9.17, 15) is 9.59 Å². The van der Waals surface area contributed by atoms with E-state index >= 15 is 0 Å². The lowest BCUT2D eigenvalue weighted by Crippen LogP contribution is -2.37. The molecule has 1 aromatic rings. The second-order valence-electron chi connectivity index (χ2n) is 5.15. The first-order valence-electron chi connectivity index (χ1n) is 6.31. The van der Waals surface area contributed by atoms with Crippen LogP contribution in [0.2, 0.25) is 0 Å². The minimum Gasteiger partial charge on any atom is -0.481 e. The lowest BCUT2D eigenvalue weighted by atomic mass is 9.90. The zero-order valence-corrected chi connectivity index (χ0v) is 12.2. The topological polar surface area (TPSA) is 69.6 Å². The van der Waals surface area contributed by atoms with Gasteiger partial charge in [-0.15, -0.1) is 12.4 Å². The first-order valence-corrected chi connectivity index (χ1v) is 6.31. The first-order chi connectivity index (χ1) is 9.01. The van der Waals surface area contributed by atoms with Crippen molar-refractivity contribution < 1.29 is 14.7 Å². The number of carbonyl (C=O) groups excluding carboxylic acids is 1. The van der Waals surface area contributed by atoms with E-state index in [2.05, 4.69) is 5.32 Å². The number of para-hydroxylation sites is 1. The molecule has 1 heterocycles. The number of aliphatic carboxylic acids is 1. The number of rotatable bonds is 4. The highest BCUT2D eigenvalue weighted by Gasteiger charge is 2.41. The molecule has 5 nitrogen and oxygen atoms in total. The number of carboxylic acid groups (broad SMARTS) is 1. The molecule has 0 spiro atoms. The van der Waals surface area contributed by atoms with E-state index in [0.717, 1.165) is 5.69 Å². The number of nitrogens with one attached hydrogen (secondary N) is 1. The Kier molecular flexibility index (Phi) is 5.39. The van der Waals surface area contributed by atoms with Crippen LogP contribution in [0.15, 0.2) is 30.3 Å². The van der Waals surface area contributed by atoms with E-state index in [-0.39, 0.29) is 31.4 Å². The summed E-state index contributed by atoms with van der Waals surface area (Å²) < 4.78 is 0. The van der Waals surface area contributed by atoms with Crippen LogP contribution in [0.3, 0.4) is 0 Å². The van der Waals surface area contributed by atoms with Crippen molar-refractivity contribution >= 4 is 30.0 Å². The van der Waals surface area contributed by atoms with Crippen LogP contribution >= 0.6 is 12.4 Å². The summed E-state index contributed by atoms with van der Waals surface area (Å²) >= 11 is 0. The van der Waals surface area contributed by atoms with E-state index in [0.29, 0.717) is 13.0 Å². The third kappa shape index (κ3) is 3.63. The lowest BCUT2D eigenvalue weighted by molar-refractivity contribution is -0.147. The summed E-state index contributed by atoms with van der Waals surface area (Å²) in [6.07, 6.45) is 0.513. The molecule has 0 aromatic heterocycles. The second-order valence-corrected chi connectivity index (χ2v) is 5.15. The Morgan fingerprint density at radius 1 is 1.35 bits per heavy atom. The molecule has 0 bridgehead atoms. The van der Waals surface area contributed by atoms with Gasteiger partial charge in [-0.2, -0.15) is 0 Å². The third-order valence-corrected chi connectivity index (χ3v) is 3.56. The van der Waals surface area contributed by atoms with Crippen LogP contribution in [0.1, 0.15) is 13.3 Å². The van der Waals surface area contributed by atoms with E-state index in [1.54, 1.807) is 11.8 Å². The van der Waals surface area contributed by atoms with Crippen molar-refractivity contribution in [3.8, 4) is 0 Å². The van der Waals surface area contributed by atoms with Gasteiger partial charge >= 0.3 is 5.97 Å². The average Bonchev–Trinajstić information content (AvgIpc) is 2.81. The minimum absolute atomic E-state index is 0. The number of carbonyl (C=O) groups is 2. The van der Waals surface area contributed by atoms with Gasteiger partial charge in [0, 0.05) is 18.8 Å².